The standard InChI is InChI=1S/C16H16BrClO5S/c1-8(16(20)21)5-10(19)13-6-9-12(24-13)7-11(22-2)15(14(9)18)23-4-3-17/h6-8H,3-5H2,1-2H3,(H,20,21). The second-order valence-electron chi connectivity index (χ2n) is 5.15. The molecule has 24 heavy (non-hydrogen) atoms. The lowest BCUT2D eigenvalue weighted by atomic mass is 10.0. The number of hydrogen-bond donors (Lipinski definition) is 1. The largest absolute Gasteiger partial charge is 0.493 e. The van der Waals surface area contributed by atoms with Crippen LogP contribution in [0, 0.1) is 5.92 Å². The van der Waals surface area contributed by atoms with Gasteiger partial charge in [-0.15, -0.1) is 11.3 Å². The van der Waals surface area contributed by atoms with Crippen molar-refractivity contribution in [3.63, 3.8) is 0 Å². The monoisotopic (exact) mass is 434 g/mol. The summed E-state index contributed by atoms with van der Waals surface area (Å²) in [5.74, 6) is -1.01. The molecule has 1 aromatic heterocycles. The van der Waals surface area contributed by atoms with Crippen molar-refractivity contribution in [1.82, 2.24) is 0 Å². The number of fused-ring (bicyclic) bond motifs is 1. The Morgan fingerprint density at radius 2 is 2.12 bits per heavy atom. The number of ether oxygens (including phenoxy) is 2. The first-order valence-electron chi connectivity index (χ1n) is 7.13. The first-order valence-corrected chi connectivity index (χ1v) is 9.45. The highest BCUT2D eigenvalue weighted by atomic mass is 79.9. The minimum Gasteiger partial charge on any atom is -0.493 e. The van der Waals surface area contributed by atoms with Crippen LogP contribution in [-0.4, -0.2) is 35.9 Å². The summed E-state index contributed by atoms with van der Waals surface area (Å²) in [6.07, 6.45) is -0.0517. The summed E-state index contributed by atoms with van der Waals surface area (Å²) in [5, 5.41) is 10.7. The molecule has 2 aromatic rings. The van der Waals surface area contributed by atoms with E-state index in [4.69, 9.17) is 26.2 Å². The predicted octanol–water partition coefficient (Wildman–Crippen LogP) is 4.63. The van der Waals surface area contributed by atoms with E-state index in [-0.39, 0.29) is 12.2 Å². The normalized spacial score (nSPS) is 12.2. The lowest BCUT2D eigenvalue weighted by molar-refractivity contribution is -0.141. The third-order valence-electron chi connectivity index (χ3n) is 3.41. The van der Waals surface area contributed by atoms with Crippen molar-refractivity contribution in [3.8, 4) is 11.5 Å². The number of alkyl halides is 1. The van der Waals surface area contributed by atoms with Gasteiger partial charge < -0.3 is 14.6 Å². The van der Waals surface area contributed by atoms with Gasteiger partial charge in [0, 0.05) is 27.9 Å². The molecule has 5 nitrogen and oxygen atoms in total. The molecule has 1 unspecified atom stereocenters. The quantitative estimate of drug-likeness (QED) is 0.483. The maximum Gasteiger partial charge on any atom is 0.306 e. The van der Waals surface area contributed by atoms with Crippen LogP contribution >= 0.6 is 38.9 Å². The molecule has 0 fully saturated rings. The van der Waals surface area contributed by atoms with E-state index < -0.39 is 11.9 Å². The van der Waals surface area contributed by atoms with Crippen LogP contribution in [0.3, 0.4) is 0 Å². The molecule has 0 saturated heterocycles. The van der Waals surface area contributed by atoms with E-state index in [1.165, 1.54) is 25.4 Å². The average Bonchev–Trinajstić information content (AvgIpc) is 2.98. The van der Waals surface area contributed by atoms with Crippen LogP contribution in [0.2, 0.25) is 5.02 Å². The van der Waals surface area contributed by atoms with Gasteiger partial charge in [0.25, 0.3) is 0 Å². The van der Waals surface area contributed by atoms with Crippen LogP contribution in [0.1, 0.15) is 23.0 Å². The summed E-state index contributed by atoms with van der Waals surface area (Å²) in [4.78, 5) is 23.7. The summed E-state index contributed by atoms with van der Waals surface area (Å²) in [7, 11) is 1.52. The van der Waals surface area contributed by atoms with Gasteiger partial charge in [-0.05, 0) is 6.07 Å². The van der Waals surface area contributed by atoms with E-state index in [2.05, 4.69) is 15.9 Å². The molecule has 0 aliphatic heterocycles. The van der Waals surface area contributed by atoms with Gasteiger partial charge in [0.2, 0.25) is 0 Å². The number of methoxy groups -OCH3 is 1. The molecule has 0 aliphatic carbocycles. The molecule has 130 valence electrons. The Labute approximate surface area is 156 Å². The van der Waals surface area contributed by atoms with Crippen LogP contribution in [0.25, 0.3) is 10.1 Å². The summed E-state index contributed by atoms with van der Waals surface area (Å²) in [6, 6.07) is 3.45. The van der Waals surface area contributed by atoms with Crippen LogP contribution in [0.15, 0.2) is 12.1 Å². The summed E-state index contributed by atoms with van der Waals surface area (Å²) < 4.78 is 11.7. The van der Waals surface area contributed by atoms with E-state index in [9.17, 15) is 9.59 Å². The minimum absolute atomic E-state index is 0.0517. The summed E-state index contributed by atoms with van der Waals surface area (Å²) in [5.41, 5.74) is 0. The van der Waals surface area contributed by atoms with Crippen molar-refractivity contribution in [2.24, 2.45) is 5.92 Å². The molecule has 0 amide bonds. The number of Topliss-reactive ketones (excluding diaryl/α,β-unsaturated/α-hetero) is 1. The Morgan fingerprint density at radius 1 is 1.42 bits per heavy atom. The number of benzene rings is 1. The first-order chi connectivity index (χ1) is 11.4. The molecule has 2 rings (SSSR count). The van der Waals surface area contributed by atoms with Crippen molar-refractivity contribution < 1.29 is 24.2 Å². The molecular formula is C16H16BrClO5S. The van der Waals surface area contributed by atoms with Crippen LogP contribution in [-0.2, 0) is 4.79 Å². The number of carbonyl (C=O) groups is 2. The van der Waals surface area contributed by atoms with Crippen molar-refractivity contribution >= 4 is 60.7 Å². The van der Waals surface area contributed by atoms with Crippen LogP contribution in [0.5, 0.6) is 11.5 Å². The Hall–Kier alpha value is -1.31. The molecule has 0 aliphatic rings. The second-order valence-corrected chi connectivity index (χ2v) is 7.40. The molecule has 1 aromatic carbocycles. The van der Waals surface area contributed by atoms with E-state index >= 15 is 0 Å². The number of halogens is 2. The zero-order valence-electron chi connectivity index (χ0n) is 13.1. The Balaban J connectivity index is 2.41. The maximum absolute atomic E-state index is 12.3. The van der Waals surface area contributed by atoms with Gasteiger partial charge in [-0.2, -0.15) is 0 Å². The van der Waals surface area contributed by atoms with Gasteiger partial charge in [-0.1, -0.05) is 34.5 Å². The van der Waals surface area contributed by atoms with Crippen molar-refractivity contribution in [2.75, 3.05) is 19.0 Å². The second kappa shape index (κ2) is 8.18. The van der Waals surface area contributed by atoms with E-state index in [0.29, 0.717) is 38.7 Å². The zero-order valence-corrected chi connectivity index (χ0v) is 16.3. The van der Waals surface area contributed by atoms with Crippen molar-refractivity contribution in [1.29, 1.82) is 0 Å². The molecule has 0 bridgehead atoms. The third kappa shape index (κ3) is 4.02. The lowest BCUT2D eigenvalue weighted by Crippen LogP contribution is -2.13. The first kappa shape index (κ1) is 19.0. The molecule has 1 atom stereocenters. The highest BCUT2D eigenvalue weighted by molar-refractivity contribution is 9.09. The van der Waals surface area contributed by atoms with Gasteiger partial charge in [0.1, 0.15) is 0 Å². The van der Waals surface area contributed by atoms with Gasteiger partial charge in [-0.25, -0.2) is 0 Å². The van der Waals surface area contributed by atoms with Crippen LogP contribution < -0.4 is 9.47 Å². The predicted molar refractivity (Wildman–Crippen MR) is 98.4 cm³/mol. The number of ketones is 1. The van der Waals surface area contributed by atoms with Gasteiger partial charge >= 0.3 is 5.97 Å². The minimum atomic E-state index is -0.991. The number of aliphatic carboxylic acids is 1. The van der Waals surface area contributed by atoms with Crippen molar-refractivity contribution in [2.45, 2.75) is 13.3 Å². The molecule has 8 heteroatoms. The molecular weight excluding hydrogens is 420 g/mol. The maximum atomic E-state index is 12.3. The Bertz CT molecular complexity index is 773. The average molecular weight is 436 g/mol. The molecule has 0 radical (unpaired) electrons. The fraction of sp³-hybridized carbons (Fsp3) is 0.375. The number of carboxylic acid groups (broad SMARTS) is 1. The fourth-order valence-corrected chi connectivity index (χ4v) is 3.70. The Kier molecular flexibility index (Phi) is 6.48. The summed E-state index contributed by atoms with van der Waals surface area (Å²) in [6.45, 7) is 1.93. The van der Waals surface area contributed by atoms with E-state index in [1.54, 1.807) is 12.1 Å². The van der Waals surface area contributed by atoms with E-state index in [1.807, 2.05) is 0 Å². The Morgan fingerprint density at radius 3 is 2.71 bits per heavy atom. The number of carbonyl (C=O) groups excluding carboxylic acids is 1. The number of carboxylic acids is 1. The molecule has 1 heterocycles. The molecule has 0 saturated carbocycles. The lowest BCUT2D eigenvalue weighted by Gasteiger charge is -2.12. The smallest absolute Gasteiger partial charge is 0.306 e. The topological polar surface area (TPSA) is 72.8 Å². The highest BCUT2D eigenvalue weighted by Crippen LogP contribution is 2.44. The fourth-order valence-electron chi connectivity index (χ4n) is 2.13. The molecule has 1 N–H and O–H groups in total. The third-order valence-corrected chi connectivity index (χ3v) is 5.24. The number of hydrogen-bond acceptors (Lipinski definition) is 5. The van der Waals surface area contributed by atoms with Gasteiger partial charge in [0.05, 0.1) is 29.5 Å². The SMILES string of the molecule is COc1cc2sc(C(=O)CC(C)C(=O)O)cc2c(Cl)c1OCCBr. The highest BCUT2D eigenvalue weighted by Gasteiger charge is 2.21. The van der Waals surface area contributed by atoms with Gasteiger partial charge in [-0.3, -0.25) is 9.59 Å². The number of rotatable bonds is 8. The number of thiophene rings is 1. The van der Waals surface area contributed by atoms with Crippen molar-refractivity contribution in [3.05, 3.63) is 22.0 Å². The van der Waals surface area contributed by atoms with Gasteiger partial charge in [0.15, 0.2) is 17.3 Å². The molecule has 0 spiro atoms. The van der Waals surface area contributed by atoms with Crippen LogP contribution in [0.4, 0.5) is 0 Å². The summed E-state index contributed by atoms with van der Waals surface area (Å²) >= 11 is 11.0. The van der Waals surface area contributed by atoms with E-state index in [0.717, 1.165) is 4.70 Å². The zero-order chi connectivity index (χ0) is 17.9.